The minimum absolute atomic E-state index is 0.115. The molecular weight excluding hydrogens is 324 g/mol. The van der Waals surface area contributed by atoms with E-state index in [-0.39, 0.29) is 6.04 Å². The maximum absolute atomic E-state index is 6.13. The van der Waals surface area contributed by atoms with E-state index in [1.165, 1.54) is 0 Å². The average molecular weight is 341 g/mol. The summed E-state index contributed by atoms with van der Waals surface area (Å²) in [6, 6.07) is 13.9. The predicted octanol–water partition coefficient (Wildman–Crippen LogP) is 3.08. The zero-order valence-corrected chi connectivity index (χ0v) is 13.9. The molecule has 122 valence electrons. The highest BCUT2D eigenvalue weighted by molar-refractivity contribution is 6.30. The molecule has 0 saturated heterocycles. The van der Waals surface area contributed by atoms with Crippen molar-refractivity contribution in [1.29, 1.82) is 0 Å². The van der Waals surface area contributed by atoms with Gasteiger partial charge >= 0.3 is 0 Å². The van der Waals surface area contributed by atoms with Gasteiger partial charge in [-0.3, -0.25) is 0 Å². The lowest BCUT2D eigenvalue weighted by Crippen LogP contribution is -2.46. The Morgan fingerprint density at radius 1 is 1.29 bits per heavy atom. The molecule has 6 heteroatoms. The molecule has 2 aliphatic heterocycles. The number of rotatable bonds is 3. The van der Waals surface area contributed by atoms with Crippen LogP contribution in [0.4, 0.5) is 5.69 Å². The summed E-state index contributed by atoms with van der Waals surface area (Å²) in [6.07, 6.45) is 2.98. The summed E-state index contributed by atoms with van der Waals surface area (Å²) in [5.41, 5.74) is 13.5. The lowest BCUT2D eigenvalue weighted by atomic mass is 10.0. The lowest BCUT2D eigenvalue weighted by Gasteiger charge is -2.27. The molecule has 0 radical (unpaired) electrons. The number of halogens is 1. The van der Waals surface area contributed by atoms with Crippen LogP contribution >= 0.6 is 11.6 Å². The van der Waals surface area contributed by atoms with Crippen molar-refractivity contribution in [3.8, 4) is 5.75 Å². The van der Waals surface area contributed by atoms with E-state index < -0.39 is 0 Å². The first-order valence-corrected chi connectivity index (χ1v) is 8.07. The molecule has 24 heavy (non-hydrogen) atoms. The summed E-state index contributed by atoms with van der Waals surface area (Å²) >= 11 is 6.08. The monoisotopic (exact) mass is 340 g/mol. The molecule has 4 rings (SSSR count). The Morgan fingerprint density at radius 2 is 2.12 bits per heavy atom. The fourth-order valence-corrected chi connectivity index (χ4v) is 3.35. The normalized spacial score (nSPS) is 18.6. The number of hydrazine groups is 1. The summed E-state index contributed by atoms with van der Waals surface area (Å²) in [5.74, 6) is 1.13. The van der Waals surface area contributed by atoms with Crippen molar-refractivity contribution in [2.75, 3.05) is 7.11 Å². The second-order valence-electron chi connectivity index (χ2n) is 5.78. The molecule has 0 fully saturated rings. The second-order valence-corrected chi connectivity index (χ2v) is 6.22. The predicted molar refractivity (Wildman–Crippen MR) is 96.2 cm³/mol. The van der Waals surface area contributed by atoms with Gasteiger partial charge in [0, 0.05) is 10.6 Å². The third-order valence-corrected chi connectivity index (χ3v) is 4.42. The molecular formula is C18H17ClN4O. The summed E-state index contributed by atoms with van der Waals surface area (Å²) in [4.78, 5) is 4.49. The van der Waals surface area contributed by atoms with Gasteiger partial charge in [-0.15, -0.1) is 0 Å². The molecule has 2 aromatic carbocycles. The smallest absolute Gasteiger partial charge is 0.216 e. The van der Waals surface area contributed by atoms with E-state index in [9.17, 15) is 0 Å². The molecule has 0 aliphatic carbocycles. The van der Waals surface area contributed by atoms with Crippen LogP contribution in [0.2, 0.25) is 5.02 Å². The van der Waals surface area contributed by atoms with Crippen molar-refractivity contribution in [2.24, 2.45) is 10.7 Å². The fourth-order valence-electron chi connectivity index (χ4n) is 3.13. The molecule has 2 aliphatic rings. The highest BCUT2D eigenvalue weighted by Crippen LogP contribution is 2.41. The van der Waals surface area contributed by atoms with Crippen LogP contribution in [0.5, 0.6) is 5.75 Å². The number of hydrogen-bond donors (Lipinski definition) is 2. The number of guanidine groups is 1. The Labute approximate surface area is 145 Å². The molecule has 1 atom stereocenters. The van der Waals surface area contributed by atoms with Crippen LogP contribution < -0.4 is 15.9 Å². The van der Waals surface area contributed by atoms with E-state index in [0.717, 1.165) is 34.0 Å². The first-order chi connectivity index (χ1) is 11.7. The molecule has 3 N–H and O–H groups in total. The minimum atomic E-state index is 0.115. The van der Waals surface area contributed by atoms with E-state index in [1.54, 1.807) is 7.11 Å². The molecule has 0 bridgehead atoms. The zero-order chi connectivity index (χ0) is 16.7. The minimum Gasteiger partial charge on any atom is -0.494 e. The summed E-state index contributed by atoms with van der Waals surface area (Å²) in [7, 11) is 1.64. The molecule has 2 aromatic rings. The SMILES string of the molecule is COc1cccc2c1N=C(N)N1NC(Cc3cccc(Cl)c3)C=C21. The standard InChI is InChI=1S/C18H17ClN4O/c1-24-16-7-3-6-14-15-10-13(9-11-4-2-5-12(19)8-11)22-23(15)18(20)21-17(14)16/h2-8,10,13,22H,9H2,1H3,(H2,20,21). The van der Waals surface area contributed by atoms with Gasteiger partial charge in [0.2, 0.25) is 5.96 Å². The van der Waals surface area contributed by atoms with Crippen molar-refractivity contribution < 1.29 is 4.74 Å². The van der Waals surface area contributed by atoms with Crippen molar-refractivity contribution in [2.45, 2.75) is 12.5 Å². The van der Waals surface area contributed by atoms with E-state index in [4.69, 9.17) is 22.1 Å². The topological polar surface area (TPSA) is 62.9 Å². The van der Waals surface area contributed by atoms with E-state index in [1.807, 2.05) is 41.4 Å². The maximum Gasteiger partial charge on any atom is 0.216 e. The van der Waals surface area contributed by atoms with Gasteiger partial charge in [0.1, 0.15) is 11.4 Å². The summed E-state index contributed by atoms with van der Waals surface area (Å²) < 4.78 is 5.40. The van der Waals surface area contributed by atoms with E-state index in [0.29, 0.717) is 11.7 Å². The molecule has 0 aromatic heterocycles. The van der Waals surface area contributed by atoms with Crippen LogP contribution in [0, 0.1) is 0 Å². The van der Waals surface area contributed by atoms with Gasteiger partial charge in [-0.1, -0.05) is 35.9 Å². The van der Waals surface area contributed by atoms with Crippen LogP contribution in [-0.2, 0) is 6.42 Å². The molecule has 0 spiro atoms. The highest BCUT2D eigenvalue weighted by Gasteiger charge is 2.32. The van der Waals surface area contributed by atoms with Gasteiger partial charge < -0.3 is 10.5 Å². The Kier molecular flexibility index (Phi) is 3.67. The third-order valence-electron chi connectivity index (χ3n) is 4.19. The van der Waals surface area contributed by atoms with Crippen molar-refractivity contribution in [1.82, 2.24) is 10.4 Å². The Balaban J connectivity index is 1.69. The first-order valence-electron chi connectivity index (χ1n) is 7.70. The average Bonchev–Trinajstić information content (AvgIpc) is 2.99. The number of nitrogens with one attached hydrogen (secondary N) is 1. The third kappa shape index (κ3) is 2.52. The summed E-state index contributed by atoms with van der Waals surface area (Å²) in [6.45, 7) is 0. The first kappa shape index (κ1) is 15.1. The second kappa shape index (κ2) is 5.85. The molecule has 0 amide bonds. The Hall–Kier alpha value is -2.50. The van der Waals surface area contributed by atoms with E-state index in [2.05, 4.69) is 22.6 Å². The number of para-hydroxylation sites is 1. The van der Waals surface area contributed by atoms with E-state index >= 15 is 0 Å². The number of hydrogen-bond acceptors (Lipinski definition) is 5. The number of methoxy groups -OCH3 is 1. The van der Waals surface area contributed by atoms with Crippen LogP contribution in [0.1, 0.15) is 11.1 Å². The number of benzene rings is 2. The maximum atomic E-state index is 6.13. The largest absolute Gasteiger partial charge is 0.494 e. The van der Waals surface area contributed by atoms with Crippen molar-refractivity contribution in [3.05, 3.63) is 64.7 Å². The Bertz CT molecular complexity index is 862. The van der Waals surface area contributed by atoms with Gasteiger partial charge in [-0.25, -0.2) is 15.4 Å². The fraction of sp³-hybridized carbons (Fsp3) is 0.167. The lowest BCUT2D eigenvalue weighted by molar-refractivity contribution is 0.402. The number of nitrogens with zero attached hydrogens (tertiary/aromatic N) is 2. The number of nitrogens with two attached hydrogens (primary N) is 1. The molecule has 1 unspecified atom stereocenters. The van der Waals surface area contributed by atoms with Crippen molar-refractivity contribution in [3.63, 3.8) is 0 Å². The number of aliphatic imine (C=N–C) groups is 1. The van der Waals surface area contributed by atoms with Gasteiger partial charge in [0.15, 0.2) is 0 Å². The molecule has 0 saturated carbocycles. The zero-order valence-electron chi connectivity index (χ0n) is 13.2. The quantitative estimate of drug-likeness (QED) is 0.901. The van der Waals surface area contributed by atoms with Gasteiger partial charge in [0.25, 0.3) is 0 Å². The summed E-state index contributed by atoms with van der Waals surface area (Å²) in [5, 5.41) is 2.57. The Morgan fingerprint density at radius 3 is 2.92 bits per heavy atom. The van der Waals surface area contributed by atoms with Gasteiger partial charge in [-0.05, 0) is 36.3 Å². The van der Waals surface area contributed by atoms with Gasteiger partial charge in [-0.2, -0.15) is 0 Å². The van der Waals surface area contributed by atoms with Crippen LogP contribution in [0.3, 0.4) is 0 Å². The van der Waals surface area contributed by atoms with Gasteiger partial charge in [0.05, 0.1) is 18.8 Å². The number of ether oxygens (including phenoxy) is 1. The van der Waals surface area contributed by atoms with Crippen LogP contribution in [-0.4, -0.2) is 24.1 Å². The van der Waals surface area contributed by atoms with Crippen LogP contribution in [0.25, 0.3) is 5.70 Å². The molecule has 5 nitrogen and oxygen atoms in total. The van der Waals surface area contributed by atoms with Crippen LogP contribution in [0.15, 0.2) is 53.5 Å². The number of fused-ring (bicyclic) bond motifs is 3. The van der Waals surface area contributed by atoms with Crippen molar-refractivity contribution >= 4 is 28.9 Å². The molecule has 2 heterocycles. The highest BCUT2D eigenvalue weighted by atomic mass is 35.5.